The second kappa shape index (κ2) is 1.65. The molecular formula is C5H6N4. The quantitative estimate of drug-likeness (QED) is 0.517. The van der Waals surface area contributed by atoms with Crippen LogP contribution in [0.25, 0.3) is 0 Å². The highest BCUT2D eigenvalue weighted by Crippen LogP contribution is 2.03. The molecule has 4 nitrogen and oxygen atoms in total. The molecule has 4 heteroatoms. The first-order valence-corrected chi connectivity index (χ1v) is 2.86. The Morgan fingerprint density at radius 3 is 3.44 bits per heavy atom. The Labute approximate surface area is 52.0 Å². The molecule has 0 amide bonds. The first kappa shape index (κ1) is 4.67. The molecule has 1 aliphatic heterocycles. The van der Waals surface area contributed by atoms with Crippen LogP contribution >= 0.6 is 0 Å². The van der Waals surface area contributed by atoms with Crippen LogP contribution in [-0.4, -0.2) is 28.2 Å². The lowest BCUT2D eigenvalue weighted by Crippen LogP contribution is -2.01. The van der Waals surface area contributed by atoms with E-state index in [2.05, 4.69) is 20.4 Å². The van der Waals surface area contributed by atoms with Crippen molar-refractivity contribution in [3.05, 3.63) is 11.4 Å². The smallest absolute Gasteiger partial charge is 0.126 e. The molecule has 0 spiro atoms. The number of hydrogen-bond acceptors (Lipinski definition) is 3. The van der Waals surface area contributed by atoms with Crippen molar-refractivity contribution in [2.24, 2.45) is 4.99 Å². The number of aliphatic imine (C=N–C) groups is 1. The summed E-state index contributed by atoms with van der Waals surface area (Å²) in [4.78, 5) is 4.04. The number of nitrogens with one attached hydrogen (secondary N) is 1. The van der Waals surface area contributed by atoms with Crippen molar-refractivity contribution in [2.75, 3.05) is 6.54 Å². The SMILES string of the molecule is C1=NCCc2[nH]nnc21. The molecule has 46 valence electrons. The van der Waals surface area contributed by atoms with Gasteiger partial charge >= 0.3 is 0 Å². The number of aromatic nitrogens is 3. The van der Waals surface area contributed by atoms with Gasteiger partial charge in [-0.15, -0.1) is 5.10 Å². The molecule has 9 heavy (non-hydrogen) atoms. The summed E-state index contributed by atoms with van der Waals surface area (Å²) in [7, 11) is 0. The average Bonchev–Trinajstić information content (AvgIpc) is 2.33. The van der Waals surface area contributed by atoms with Crippen LogP contribution in [0.1, 0.15) is 11.4 Å². The van der Waals surface area contributed by atoms with Gasteiger partial charge in [-0.05, 0) is 0 Å². The fourth-order valence-corrected chi connectivity index (χ4v) is 0.872. The molecule has 2 heterocycles. The summed E-state index contributed by atoms with van der Waals surface area (Å²) in [5.41, 5.74) is 1.99. The molecule has 1 aliphatic rings. The van der Waals surface area contributed by atoms with Crippen LogP contribution in [0.15, 0.2) is 4.99 Å². The van der Waals surface area contributed by atoms with E-state index in [9.17, 15) is 0 Å². The lowest BCUT2D eigenvalue weighted by Gasteiger charge is -1.98. The summed E-state index contributed by atoms with van der Waals surface area (Å²) in [5, 5.41) is 10.2. The van der Waals surface area contributed by atoms with Gasteiger partial charge in [0.2, 0.25) is 0 Å². The minimum atomic E-state index is 0.858. The predicted octanol–water partition coefficient (Wildman–Crippen LogP) is -0.220. The molecule has 0 aromatic carbocycles. The van der Waals surface area contributed by atoms with Crippen molar-refractivity contribution in [3.63, 3.8) is 0 Å². The minimum Gasteiger partial charge on any atom is -0.290 e. The van der Waals surface area contributed by atoms with E-state index < -0.39 is 0 Å². The predicted molar refractivity (Wildman–Crippen MR) is 32.5 cm³/mol. The Balaban J connectivity index is 2.53. The lowest BCUT2D eigenvalue weighted by molar-refractivity contribution is 0.878. The lowest BCUT2D eigenvalue weighted by atomic mass is 10.2. The Morgan fingerprint density at radius 1 is 1.56 bits per heavy atom. The molecule has 0 aliphatic carbocycles. The molecular weight excluding hydrogens is 116 g/mol. The summed E-state index contributed by atoms with van der Waals surface area (Å²) >= 11 is 0. The second-order valence-electron chi connectivity index (χ2n) is 1.96. The zero-order chi connectivity index (χ0) is 6.10. The Bertz CT molecular complexity index is 237. The fourth-order valence-electron chi connectivity index (χ4n) is 0.872. The van der Waals surface area contributed by atoms with Crippen molar-refractivity contribution in [3.8, 4) is 0 Å². The third-order valence-corrected chi connectivity index (χ3v) is 1.36. The van der Waals surface area contributed by atoms with E-state index in [0.717, 1.165) is 24.4 Å². The molecule has 2 rings (SSSR count). The van der Waals surface area contributed by atoms with Gasteiger partial charge in [-0.2, -0.15) is 0 Å². The van der Waals surface area contributed by atoms with Gasteiger partial charge in [-0.1, -0.05) is 5.21 Å². The van der Waals surface area contributed by atoms with Gasteiger partial charge in [0.25, 0.3) is 0 Å². The van der Waals surface area contributed by atoms with E-state index in [0.29, 0.717) is 0 Å². The minimum absolute atomic E-state index is 0.858. The zero-order valence-electron chi connectivity index (χ0n) is 4.83. The molecule has 0 radical (unpaired) electrons. The molecule has 0 unspecified atom stereocenters. The van der Waals surface area contributed by atoms with Crippen molar-refractivity contribution >= 4 is 6.21 Å². The molecule has 0 bridgehead atoms. The molecule has 0 atom stereocenters. The summed E-state index contributed by atoms with van der Waals surface area (Å²) in [5.74, 6) is 0. The van der Waals surface area contributed by atoms with Gasteiger partial charge in [-0.25, -0.2) is 0 Å². The third kappa shape index (κ3) is 0.630. The Hall–Kier alpha value is -1.19. The number of nitrogens with zero attached hydrogens (tertiary/aromatic N) is 3. The second-order valence-corrected chi connectivity index (χ2v) is 1.96. The highest BCUT2D eigenvalue weighted by molar-refractivity contribution is 5.79. The van der Waals surface area contributed by atoms with Crippen LogP contribution in [0.4, 0.5) is 0 Å². The van der Waals surface area contributed by atoms with E-state index >= 15 is 0 Å². The maximum Gasteiger partial charge on any atom is 0.126 e. The maximum atomic E-state index is 4.04. The molecule has 0 saturated carbocycles. The third-order valence-electron chi connectivity index (χ3n) is 1.36. The van der Waals surface area contributed by atoms with Gasteiger partial charge in [0, 0.05) is 13.0 Å². The van der Waals surface area contributed by atoms with Crippen molar-refractivity contribution < 1.29 is 0 Å². The van der Waals surface area contributed by atoms with E-state index in [1.165, 1.54) is 0 Å². The van der Waals surface area contributed by atoms with Crippen LogP contribution in [-0.2, 0) is 6.42 Å². The highest BCUT2D eigenvalue weighted by atomic mass is 15.3. The number of fused-ring (bicyclic) bond motifs is 1. The van der Waals surface area contributed by atoms with E-state index in [4.69, 9.17) is 0 Å². The standard InChI is InChI=1S/C5H6N4/c1-2-6-3-5-4(1)7-9-8-5/h3H,1-2H2,(H,7,8,9). The van der Waals surface area contributed by atoms with E-state index in [1.807, 2.05) is 0 Å². The van der Waals surface area contributed by atoms with Gasteiger partial charge in [0.15, 0.2) is 0 Å². The average molecular weight is 122 g/mol. The number of H-pyrrole nitrogens is 1. The monoisotopic (exact) mass is 122 g/mol. The van der Waals surface area contributed by atoms with Gasteiger partial charge in [0.1, 0.15) is 5.69 Å². The first-order valence-electron chi connectivity index (χ1n) is 2.86. The highest BCUT2D eigenvalue weighted by Gasteiger charge is 2.06. The van der Waals surface area contributed by atoms with Gasteiger partial charge in [-0.3, -0.25) is 10.1 Å². The normalized spacial score (nSPS) is 15.6. The number of hydrogen-bond donors (Lipinski definition) is 1. The van der Waals surface area contributed by atoms with Crippen LogP contribution in [0.3, 0.4) is 0 Å². The summed E-state index contributed by atoms with van der Waals surface area (Å²) < 4.78 is 0. The molecule has 0 saturated heterocycles. The van der Waals surface area contributed by atoms with E-state index in [-0.39, 0.29) is 0 Å². The number of rotatable bonds is 0. The largest absolute Gasteiger partial charge is 0.290 e. The summed E-state index contributed by atoms with van der Waals surface area (Å²) in [6.45, 7) is 0.858. The van der Waals surface area contributed by atoms with Crippen molar-refractivity contribution in [1.29, 1.82) is 0 Å². The van der Waals surface area contributed by atoms with Gasteiger partial charge in [0.05, 0.1) is 11.9 Å². The topological polar surface area (TPSA) is 53.9 Å². The summed E-state index contributed by atoms with van der Waals surface area (Å²) in [6.07, 6.45) is 2.70. The zero-order valence-corrected chi connectivity index (χ0v) is 4.83. The molecule has 1 aromatic heterocycles. The first-order chi connectivity index (χ1) is 4.47. The molecule has 1 N–H and O–H groups in total. The Morgan fingerprint density at radius 2 is 2.56 bits per heavy atom. The number of aromatic amines is 1. The Kier molecular flexibility index (Phi) is 0.855. The molecule has 1 aromatic rings. The molecule has 0 fully saturated rings. The van der Waals surface area contributed by atoms with Crippen molar-refractivity contribution in [2.45, 2.75) is 6.42 Å². The van der Waals surface area contributed by atoms with E-state index in [1.54, 1.807) is 6.21 Å². The van der Waals surface area contributed by atoms with Gasteiger partial charge < -0.3 is 0 Å². The van der Waals surface area contributed by atoms with Crippen LogP contribution in [0.5, 0.6) is 0 Å². The van der Waals surface area contributed by atoms with Crippen molar-refractivity contribution in [1.82, 2.24) is 15.4 Å². The van der Waals surface area contributed by atoms with Crippen LogP contribution in [0, 0.1) is 0 Å². The van der Waals surface area contributed by atoms with Crippen LogP contribution < -0.4 is 0 Å². The van der Waals surface area contributed by atoms with Crippen LogP contribution in [0.2, 0.25) is 0 Å². The fraction of sp³-hybridized carbons (Fsp3) is 0.400. The summed E-state index contributed by atoms with van der Waals surface area (Å²) in [6, 6.07) is 0. The maximum absolute atomic E-state index is 4.04.